The summed E-state index contributed by atoms with van der Waals surface area (Å²) in [5.74, 6) is 0.996. The molecule has 0 aliphatic carbocycles. The molecule has 10 heteroatoms. The first kappa shape index (κ1) is 20.4. The molecule has 0 radical (unpaired) electrons. The average molecular weight is 435 g/mol. The van der Waals surface area contributed by atoms with Gasteiger partial charge in [0.15, 0.2) is 17.2 Å². The number of non-ortho nitro benzene ring substituents is 1. The number of benzene rings is 3. The van der Waals surface area contributed by atoms with E-state index in [2.05, 4.69) is 4.72 Å². The number of methoxy groups -OCH3 is 1. The molecule has 0 spiro atoms. The van der Waals surface area contributed by atoms with Gasteiger partial charge in [-0.15, -0.1) is 0 Å². The molecule has 0 bridgehead atoms. The number of hydrogen-bond acceptors (Lipinski definition) is 6. The van der Waals surface area contributed by atoms with Crippen LogP contribution in [0.15, 0.2) is 71.6 Å². The van der Waals surface area contributed by atoms with Gasteiger partial charge in [-0.3, -0.25) is 14.8 Å². The zero-order valence-corrected chi connectivity index (χ0v) is 16.6. The Hall–Kier alpha value is -3.30. The van der Waals surface area contributed by atoms with E-state index in [-0.39, 0.29) is 27.0 Å². The Morgan fingerprint density at radius 2 is 1.69 bits per heavy atom. The van der Waals surface area contributed by atoms with Gasteiger partial charge in [0, 0.05) is 17.2 Å². The first-order chi connectivity index (χ1) is 13.8. The summed E-state index contributed by atoms with van der Waals surface area (Å²) < 4.78 is 38.9. The number of halogens is 1. The number of rotatable bonds is 7. The van der Waals surface area contributed by atoms with E-state index in [0.29, 0.717) is 11.5 Å². The van der Waals surface area contributed by atoms with E-state index < -0.39 is 14.9 Å². The first-order valence-corrected chi connectivity index (χ1v) is 10.0. The van der Waals surface area contributed by atoms with Crippen molar-refractivity contribution in [2.45, 2.75) is 4.90 Å². The average Bonchev–Trinajstić information content (AvgIpc) is 2.70. The zero-order chi connectivity index (χ0) is 21.0. The van der Waals surface area contributed by atoms with Crippen LogP contribution < -0.4 is 14.2 Å². The number of para-hydroxylation sites is 2. The van der Waals surface area contributed by atoms with Crippen LogP contribution in [0.3, 0.4) is 0 Å². The van der Waals surface area contributed by atoms with Crippen LogP contribution in [-0.4, -0.2) is 20.5 Å². The molecule has 3 aromatic carbocycles. The van der Waals surface area contributed by atoms with E-state index in [0.717, 1.165) is 6.07 Å². The van der Waals surface area contributed by atoms with Crippen molar-refractivity contribution in [2.75, 3.05) is 11.8 Å². The van der Waals surface area contributed by atoms with E-state index in [1.54, 1.807) is 24.3 Å². The third kappa shape index (κ3) is 4.76. The van der Waals surface area contributed by atoms with Gasteiger partial charge in [-0.2, -0.15) is 0 Å². The summed E-state index contributed by atoms with van der Waals surface area (Å²) in [5.41, 5.74) is -0.278. The summed E-state index contributed by atoms with van der Waals surface area (Å²) in [6.45, 7) is 0. The van der Waals surface area contributed by atoms with Crippen molar-refractivity contribution in [2.24, 2.45) is 0 Å². The maximum absolute atomic E-state index is 12.8. The largest absolute Gasteiger partial charge is 0.493 e. The van der Waals surface area contributed by atoms with Gasteiger partial charge in [-0.05, 0) is 36.4 Å². The Labute approximate surface area is 171 Å². The summed E-state index contributed by atoms with van der Waals surface area (Å²) in [5, 5.41) is 11.2. The fourth-order valence-corrected chi connectivity index (χ4v) is 3.73. The van der Waals surface area contributed by atoms with Crippen molar-refractivity contribution in [1.29, 1.82) is 0 Å². The molecule has 3 rings (SSSR count). The van der Waals surface area contributed by atoms with Gasteiger partial charge >= 0.3 is 0 Å². The third-order valence-electron chi connectivity index (χ3n) is 3.81. The lowest BCUT2D eigenvalue weighted by Crippen LogP contribution is -2.13. The summed E-state index contributed by atoms with van der Waals surface area (Å²) in [7, 11) is -2.66. The molecule has 29 heavy (non-hydrogen) atoms. The predicted octanol–water partition coefficient (Wildman–Crippen LogP) is 4.85. The van der Waals surface area contributed by atoms with Gasteiger partial charge < -0.3 is 9.47 Å². The van der Waals surface area contributed by atoms with Crippen molar-refractivity contribution < 1.29 is 22.8 Å². The highest BCUT2D eigenvalue weighted by molar-refractivity contribution is 7.92. The topological polar surface area (TPSA) is 108 Å². The second kappa shape index (κ2) is 8.38. The minimum absolute atomic E-state index is 0.0647. The number of nitrogens with zero attached hydrogens (tertiary/aromatic N) is 1. The molecule has 3 aromatic rings. The van der Waals surface area contributed by atoms with Crippen LogP contribution in [0.5, 0.6) is 17.2 Å². The van der Waals surface area contributed by atoms with Crippen LogP contribution >= 0.6 is 11.6 Å². The fraction of sp³-hybridized carbons (Fsp3) is 0.0526. The van der Waals surface area contributed by atoms with Crippen LogP contribution in [0, 0.1) is 10.1 Å². The van der Waals surface area contributed by atoms with Gasteiger partial charge in [0.1, 0.15) is 0 Å². The quantitative estimate of drug-likeness (QED) is 0.420. The standard InChI is InChI=1S/C19H15ClN2O6S/c1-27-18-7-2-3-8-19(18)28-17-10-9-13(20)11-16(17)21-29(25,26)15-6-4-5-14(12-15)22(23)24/h2-12,21H,1H3. The molecule has 0 amide bonds. The van der Waals surface area contributed by atoms with E-state index >= 15 is 0 Å². The zero-order valence-electron chi connectivity index (χ0n) is 15.0. The second-order valence-electron chi connectivity index (χ2n) is 5.75. The number of anilines is 1. The molecule has 0 aromatic heterocycles. The lowest BCUT2D eigenvalue weighted by molar-refractivity contribution is -0.385. The predicted molar refractivity (Wildman–Crippen MR) is 108 cm³/mol. The van der Waals surface area contributed by atoms with Crippen molar-refractivity contribution >= 4 is 33.0 Å². The molecule has 0 unspecified atom stereocenters. The molecule has 0 saturated carbocycles. The van der Waals surface area contributed by atoms with E-state index in [1.807, 2.05) is 0 Å². The highest BCUT2D eigenvalue weighted by atomic mass is 35.5. The summed E-state index contributed by atoms with van der Waals surface area (Å²) in [6.07, 6.45) is 0. The Morgan fingerprint density at radius 3 is 2.38 bits per heavy atom. The normalized spacial score (nSPS) is 11.0. The molecule has 8 nitrogen and oxygen atoms in total. The number of ether oxygens (including phenoxy) is 2. The van der Waals surface area contributed by atoms with Crippen LogP contribution in [-0.2, 0) is 10.0 Å². The minimum atomic E-state index is -4.14. The smallest absolute Gasteiger partial charge is 0.270 e. The molecular formula is C19H15ClN2O6S. The van der Waals surface area contributed by atoms with E-state index in [1.165, 1.54) is 43.5 Å². The Bertz CT molecular complexity index is 1170. The fourth-order valence-electron chi connectivity index (χ4n) is 2.46. The SMILES string of the molecule is COc1ccccc1Oc1ccc(Cl)cc1NS(=O)(=O)c1cccc([N+](=O)[O-])c1. The summed E-state index contributed by atoms with van der Waals surface area (Å²) >= 11 is 6.02. The molecule has 0 fully saturated rings. The summed E-state index contributed by atoms with van der Waals surface area (Å²) in [6, 6.07) is 16.0. The number of nitrogens with one attached hydrogen (secondary N) is 1. The molecule has 1 N–H and O–H groups in total. The number of nitro benzene ring substituents is 1. The van der Waals surface area contributed by atoms with Gasteiger partial charge in [-0.25, -0.2) is 8.42 Å². The van der Waals surface area contributed by atoms with E-state index in [4.69, 9.17) is 21.1 Å². The van der Waals surface area contributed by atoms with Gasteiger partial charge in [-0.1, -0.05) is 29.8 Å². The highest BCUT2D eigenvalue weighted by Gasteiger charge is 2.20. The first-order valence-electron chi connectivity index (χ1n) is 8.18. The molecular weight excluding hydrogens is 420 g/mol. The van der Waals surface area contributed by atoms with Gasteiger partial charge in [0.05, 0.1) is 22.6 Å². The third-order valence-corrected chi connectivity index (χ3v) is 5.41. The number of sulfonamides is 1. The highest BCUT2D eigenvalue weighted by Crippen LogP contribution is 2.37. The molecule has 0 aliphatic rings. The van der Waals surface area contributed by atoms with Crippen molar-refractivity contribution in [3.63, 3.8) is 0 Å². The monoisotopic (exact) mass is 434 g/mol. The van der Waals surface area contributed by atoms with Crippen LogP contribution in [0.4, 0.5) is 11.4 Å². The molecule has 0 aliphatic heterocycles. The number of hydrogen-bond donors (Lipinski definition) is 1. The van der Waals surface area contributed by atoms with Crippen molar-refractivity contribution in [3.8, 4) is 17.2 Å². The number of nitro groups is 1. The lowest BCUT2D eigenvalue weighted by atomic mass is 10.3. The van der Waals surface area contributed by atoms with Gasteiger partial charge in [0.2, 0.25) is 0 Å². The Balaban J connectivity index is 1.97. The molecule has 150 valence electrons. The second-order valence-corrected chi connectivity index (χ2v) is 7.87. The van der Waals surface area contributed by atoms with E-state index in [9.17, 15) is 18.5 Å². The molecule has 0 atom stereocenters. The Morgan fingerprint density at radius 1 is 0.966 bits per heavy atom. The van der Waals surface area contributed by atoms with Crippen molar-refractivity contribution in [3.05, 3.63) is 81.9 Å². The Kier molecular flexibility index (Phi) is 5.90. The van der Waals surface area contributed by atoms with Crippen molar-refractivity contribution in [1.82, 2.24) is 0 Å². The minimum Gasteiger partial charge on any atom is -0.493 e. The van der Waals surface area contributed by atoms with Crippen LogP contribution in [0.25, 0.3) is 0 Å². The maximum Gasteiger partial charge on any atom is 0.270 e. The van der Waals surface area contributed by atoms with Gasteiger partial charge in [0.25, 0.3) is 15.7 Å². The lowest BCUT2D eigenvalue weighted by Gasteiger charge is -2.15. The molecule has 0 saturated heterocycles. The molecule has 0 heterocycles. The summed E-state index contributed by atoms with van der Waals surface area (Å²) in [4.78, 5) is 10.0. The van der Waals surface area contributed by atoms with Crippen LogP contribution in [0.1, 0.15) is 0 Å². The van der Waals surface area contributed by atoms with Crippen LogP contribution in [0.2, 0.25) is 5.02 Å². The maximum atomic E-state index is 12.8.